The van der Waals surface area contributed by atoms with E-state index in [9.17, 15) is 0 Å². The van der Waals surface area contributed by atoms with Crippen molar-refractivity contribution in [2.75, 3.05) is 38.2 Å². The number of hydrogen-bond donors (Lipinski definition) is 0. The van der Waals surface area contributed by atoms with Crippen LogP contribution < -0.4 is 9.64 Å². The molecule has 4 nitrogen and oxygen atoms in total. The molecule has 0 atom stereocenters. The van der Waals surface area contributed by atoms with Gasteiger partial charge in [-0.2, -0.15) is 5.10 Å². The van der Waals surface area contributed by atoms with E-state index in [1.165, 1.54) is 5.56 Å². The number of ether oxygens (including phenoxy) is 1. The number of aryl methyl sites for hydroxylation is 1. The Morgan fingerprint density at radius 1 is 0.957 bits per heavy atom. The van der Waals surface area contributed by atoms with E-state index in [1.54, 1.807) is 7.11 Å². The summed E-state index contributed by atoms with van der Waals surface area (Å²) in [5, 5.41) is 6.73. The van der Waals surface area contributed by atoms with Gasteiger partial charge in [0.1, 0.15) is 5.75 Å². The molecule has 1 saturated heterocycles. The van der Waals surface area contributed by atoms with E-state index in [0.717, 1.165) is 43.2 Å². The van der Waals surface area contributed by atoms with Crippen molar-refractivity contribution in [2.45, 2.75) is 6.92 Å². The van der Waals surface area contributed by atoms with Crippen molar-refractivity contribution in [3.63, 3.8) is 0 Å². The Kier molecular flexibility index (Phi) is 4.81. The minimum Gasteiger partial charge on any atom is -0.495 e. The monoisotopic (exact) mass is 309 g/mol. The molecule has 1 aliphatic heterocycles. The predicted octanol–water partition coefficient (Wildman–Crippen LogP) is 3.16. The Labute approximate surface area is 138 Å². The minimum absolute atomic E-state index is 0.917. The Hall–Kier alpha value is -2.49. The van der Waals surface area contributed by atoms with Crippen molar-refractivity contribution in [3.05, 3.63) is 59.7 Å². The van der Waals surface area contributed by atoms with E-state index in [2.05, 4.69) is 58.3 Å². The Morgan fingerprint density at radius 3 is 2.35 bits per heavy atom. The van der Waals surface area contributed by atoms with Gasteiger partial charge in [0.2, 0.25) is 0 Å². The number of methoxy groups -OCH3 is 1. The van der Waals surface area contributed by atoms with Gasteiger partial charge < -0.3 is 9.64 Å². The number of hydrazone groups is 1. The Bertz CT molecular complexity index is 659. The first-order valence-electron chi connectivity index (χ1n) is 8.00. The highest BCUT2D eigenvalue weighted by Crippen LogP contribution is 2.28. The lowest BCUT2D eigenvalue weighted by molar-refractivity contribution is 0.271. The highest BCUT2D eigenvalue weighted by Gasteiger charge is 2.18. The number of piperazine rings is 1. The second kappa shape index (κ2) is 7.18. The highest BCUT2D eigenvalue weighted by atomic mass is 16.5. The van der Waals surface area contributed by atoms with Crippen LogP contribution in [0.1, 0.15) is 11.1 Å². The topological polar surface area (TPSA) is 28.1 Å². The van der Waals surface area contributed by atoms with E-state index in [-0.39, 0.29) is 0 Å². The largest absolute Gasteiger partial charge is 0.495 e. The van der Waals surface area contributed by atoms with Gasteiger partial charge in [0.05, 0.1) is 32.1 Å². The van der Waals surface area contributed by atoms with E-state index in [1.807, 2.05) is 18.3 Å². The molecule has 4 heteroatoms. The molecule has 0 bridgehead atoms. The number of benzene rings is 2. The molecule has 0 radical (unpaired) electrons. The van der Waals surface area contributed by atoms with Crippen LogP contribution in [-0.2, 0) is 0 Å². The maximum absolute atomic E-state index is 5.46. The second-order valence-electron chi connectivity index (χ2n) is 5.77. The summed E-state index contributed by atoms with van der Waals surface area (Å²) in [5.41, 5.74) is 3.58. The Morgan fingerprint density at radius 2 is 1.65 bits per heavy atom. The van der Waals surface area contributed by atoms with Gasteiger partial charge in [-0.15, -0.1) is 0 Å². The second-order valence-corrected chi connectivity index (χ2v) is 5.77. The number of para-hydroxylation sites is 2. The van der Waals surface area contributed by atoms with E-state index in [0.29, 0.717) is 0 Å². The van der Waals surface area contributed by atoms with Gasteiger partial charge >= 0.3 is 0 Å². The summed E-state index contributed by atoms with van der Waals surface area (Å²) in [5.74, 6) is 0.934. The van der Waals surface area contributed by atoms with Crippen LogP contribution >= 0.6 is 0 Å². The summed E-state index contributed by atoms with van der Waals surface area (Å²) < 4.78 is 5.46. The van der Waals surface area contributed by atoms with E-state index >= 15 is 0 Å². The standard InChI is InChI=1S/C19H23N3O/c1-16-7-9-17(10-8-16)15-20-22-13-11-21(12-14-22)18-5-3-4-6-19(18)23-2/h3-10,15H,11-14H2,1-2H3/b20-15+. The number of nitrogens with zero attached hydrogens (tertiary/aromatic N) is 3. The SMILES string of the molecule is COc1ccccc1N1CCN(/N=C/c2ccc(C)cc2)CC1. The van der Waals surface area contributed by atoms with E-state index < -0.39 is 0 Å². The molecule has 1 aliphatic rings. The summed E-state index contributed by atoms with van der Waals surface area (Å²) in [7, 11) is 1.72. The van der Waals surface area contributed by atoms with Crippen LogP contribution in [0.2, 0.25) is 0 Å². The summed E-state index contributed by atoms with van der Waals surface area (Å²) in [6.45, 7) is 5.83. The molecule has 23 heavy (non-hydrogen) atoms. The predicted molar refractivity (Wildman–Crippen MR) is 95.6 cm³/mol. The molecule has 0 spiro atoms. The fourth-order valence-electron chi connectivity index (χ4n) is 2.74. The number of anilines is 1. The van der Waals surface area contributed by atoms with Gasteiger partial charge in [0, 0.05) is 13.1 Å². The quantitative estimate of drug-likeness (QED) is 0.812. The molecular formula is C19H23N3O. The van der Waals surface area contributed by atoms with Crippen molar-refractivity contribution in [1.29, 1.82) is 0 Å². The van der Waals surface area contributed by atoms with Crippen LogP contribution in [0.25, 0.3) is 0 Å². The number of hydrogen-bond acceptors (Lipinski definition) is 4. The molecule has 2 aromatic rings. The van der Waals surface area contributed by atoms with Crippen molar-refractivity contribution in [3.8, 4) is 5.75 Å². The first kappa shape index (κ1) is 15.4. The van der Waals surface area contributed by atoms with Crippen LogP contribution in [0.5, 0.6) is 5.75 Å². The van der Waals surface area contributed by atoms with Gasteiger partial charge in [-0.25, -0.2) is 0 Å². The maximum Gasteiger partial charge on any atom is 0.142 e. The lowest BCUT2D eigenvalue weighted by atomic mass is 10.2. The molecule has 0 N–H and O–H groups in total. The van der Waals surface area contributed by atoms with Crippen molar-refractivity contribution in [2.24, 2.45) is 5.10 Å². The lowest BCUT2D eigenvalue weighted by Crippen LogP contribution is -2.44. The van der Waals surface area contributed by atoms with Gasteiger partial charge in [-0.05, 0) is 24.6 Å². The zero-order chi connectivity index (χ0) is 16.1. The fraction of sp³-hybridized carbons (Fsp3) is 0.316. The molecule has 0 aliphatic carbocycles. The molecule has 2 aromatic carbocycles. The average molecular weight is 309 g/mol. The van der Waals surface area contributed by atoms with Crippen molar-refractivity contribution < 1.29 is 4.74 Å². The van der Waals surface area contributed by atoms with Gasteiger partial charge in [-0.3, -0.25) is 5.01 Å². The normalized spacial score (nSPS) is 15.2. The van der Waals surface area contributed by atoms with Gasteiger partial charge in [-0.1, -0.05) is 42.0 Å². The van der Waals surface area contributed by atoms with Crippen molar-refractivity contribution in [1.82, 2.24) is 5.01 Å². The highest BCUT2D eigenvalue weighted by molar-refractivity contribution is 5.79. The van der Waals surface area contributed by atoms with E-state index in [4.69, 9.17) is 4.74 Å². The third-order valence-corrected chi connectivity index (χ3v) is 4.13. The Balaban J connectivity index is 1.59. The zero-order valence-corrected chi connectivity index (χ0v) is 13.8. The molecule has 3 rings (SSSR count). The van der Waals surface area contributed by atoms with Gasteiger partial charge in [0.25, 0.3) is 0 Å². The molecule has 1 fully saturated rings. The third-order valence-electron chi connectivity index (χ3n) is 4.13. The van der Waals surface area contributed by atoms with Crippen LogP contribution in [0.4, 0.5) is 5.69 Å². The molecule has 0 saturated carbocycles. The molecule has 120 valence electrons. The molecule has 0 aromatic heterocycles. The van der Waals surface area contributed by atoms with Crippen LogP contribution in [0, 0.1) is 6.92 Å². The fourth-order valence-corrected chi connectivity index (χ4v) is 2.74. The zero-order valence-electron chi connectivity index (χ0n) is 13.8. The average Bonchev–Trinajstić information content (AvgIpc) is 2.62. The summed E-state index contributed by atoms with van der Waals surface area (Å²) >= 11 is 0. The van der Waals surface area contributed by atoms with Crippen molar-refractivity contribution >= 4 is 11.9 Å². The van der Waals surface area contributed by atoms with Crippen LogP contribution in [0.3, 0.4) is 0 Å². The molecule has 1 heterocycles. The smallest absolute Gasteiger partial charge is 0.142 e. The lowest BCUT2D eigenvalue weighted by Gasteiger charge is -2.35. The molecular weight excluding hydrogens is 286 g/mol. The van der Waals surface area contributed by atoms with Crippen LogP contribution in [0.15, 0.2) is 53.6 Å². The number of rotatable bonds is 4. The first-order valence-corrected chi connectivity index (χ1v) is 8.00. The maximum atomic E-state index is 5.46. The third kappa shape index (κ3) is 3.83. The molecule has 0 amide bonds. The summed E-state index contributed by atoms with van der Waals surface area (Å²) in [4.78, 5) is 2.36. The molecule has 0 unspecified atom stereocenters. The van der Waals surface area contributed by atoms with Crippen LogP contribution in [-0.4, -0.2) is 44.5 Å². The first-order chi connectivity index (χ1) is 11.3. The minimum atomic E-state index is 0.917. The summed E-state index contributed by atoms with van der Waals surface area (Å²) in [6.07, 6.45) is 1.94. The summed E-state index contributed by atoms with van der Waals surface area (Å²) in [6, 6.07) is 16.6. The van der Waals surface area contributed by atoms with Gasteiger partial charge in [0.15, 0.2) is 0 Å².